The van der Waals surface area contributed by atoms with Gasteiger partial charge >= 0.3 is 0 Å². The van der Waals surface area contributed by atoms with E-state index in [1.165, 1.54) is 18.2 Å². The topological polar surface area (TPSA) is 62.2 Å². The van der Waals surface area contributed by atoms with Gasteiger partial charge in [-0.3, -0.25) is 9.78 Å². The summed E-state index contributed by atoms with van der Waals surface area (Å²) in [5.41, 5.74) is 2.43. The van der Waals surface area contributed by atoms with E-state index >= 15 is 0 Å². The van der Waals surface area contributed by atoms with Crippen molar-refractivity contribution in [3.63, 3.8) is 0 Å². The van der Waals surface area contributed by atoms with Crippen molar-refractivity contribution >= 4 is 40.5 Å². The van der Waals surface area contributed by atoms with Crippen LogP contribution in [-0.2, 0) is 4.79 Å². The molecule has 1 fully saturated rings. The summed E-state index contributed by atoms with van der Waals surface area (Å²) < 4.78 is 29.8. The van der Waals surface area contributed by atoms with Crippen molar-refractivity contribution in [1.29, 1.82) is 0 Å². The number of amides is 1. The lowest BCUT2D eigenvalue weighted by molar-refractivity contribution is -0.116. The van der Waals surface area contributed by atoms with E-state index in [2.05, 4.69) is 15.6 Å². The van der Waals surface area contributed by atoms with Crippen LogP contribution in [0.25, 0.3) is 5.69 Å². The molecular formula is C27H22ClF2N5OS. The molecule has 0 aliphatic carbocycles. The normalized spacial score (nSPS) is 17.1. The second-order valence-electron chi connectivity index (χ2n) is 8.50. The third kappa shape index (κ3) is 5.19. The number of thiocarbonyl (C=S) groups is 1. The molecule has 0 bridgehead atoms. The first kappa shape index (κ1) is 24.9. The summed E-state index contributed by atoms with van der Waals surface area (Å²) in [5.74, 6) is -1.34. The van der Waals surface area contributed by atoms with Crippen molar-refractivity contribution in [2.45, 2.75) is 18.5 Å². The van der Waals surface area contributed by atoms with E-state index in [9.17, 15) is 13.6 Å². The quantitative estimate of drug-likeness (QED) is 0.292. The molecule has 1 aliphatic heterocycles. The van der Waals surface area contributed by atoms with Crippen LogP contribution in [0.3, 0.4) is 0 Å². The van der Waals surface area contributed by atoms with Crippen LogP contribution in [0.1, 0.15) is 29.9 Å². The number of nitrogens with one attached hydrogen (secondary N) is 2. The van der Waals surface area contributed by atoms with Gasteiger partial charge in [-0.2, -0.15) is 0 Å². The molecule has 3 heterocycles. The average molecular weight is 538 g/mol. The minimum absolute atomic E-state index is 0.0140. The van der Waals surface area contributed by atoms with Crippen LogP contribution in [0.5, 0.6) is 0 Å². The number of carbonyl (C=O) groups excluding carboxylic acids is 1. The highest BCUT2D eigenvalue weighted by Crippen LogP contribution is 2.39. The van der Waals surface area contributed by atoms with Crippen molar-refractivity contribution in [3.8, 4) is 5.69 Å². The van der Waals surface area contributed by atoms with Gasteiger partial charge in [-0.25, -0.2) is 8.78 Å². The molecule has 2 aromatic heterocycles. The first-order valence-corrected chi connectivity index (χ1v) is 12.4. The maximum atomic E-state index is 14.0. The highest BCUT2D eigenvalue weighted by atomic mass is 35.5. The molecule has 1 amide bonds. The molecule has 6 nitrogen and oxygen atoms in total. The number of rotatable bonds is 7. The molecule has 10 heteroatoms. The zero-order valence-corrected chi connectivity index (χ0v) is 21.0. The number of pyridine rings is 1. The van der Waals surface area contributed by atoms with E-state index in [0.717, 1.165) is 11.4 Å². The van der Waals surface area contributed by atoms with E-state index in [1.807, 2.05) is 46.0 Å². The van der Waals surface area contributed by atoms with Crippen LogP contribution in [0.4, 0.5) is 14.5 Å². The summed E-state index contributed by atoms with van der Waals surface area (Å²) in [4.78, 5) is 19.1. The zero-order valence-electron chi connectivity index (χ0n) is 19.4. The highest BCUT2D eigenvalue weighted by molar-refractivity contribution is 7.80. The first-order chi connectivity index (χ1) is 17.9. The molecule has 5 rings (SSSR count). The smallest absolute Gasteiger partial charge is 0.226 e. The number of benzene rings is 2. The fourth-order valence-electron chi connectivity index (χ4n) is 4.47. The van der Waals surface area contributed by atoms with E-state index in [0.29, 0.717) is 10.8 Å². The van der Waals surface area contributed by atoms with Crippen LogP contribution in [0.2, 0.25) is 5.02 Å². The van der Waals surface area contributed by atoms with Gasteiger partial charge in [0.25, 0.3) is 0 Å². The number of nitrogens with zero attached hydrogens (tertiary/aromatic N) is 3. The van der Waals surface area contributed by atoms with Gasteiger partial charge in [0.1, 0.15) is 11.6 Å². The minimum Gasteiger partial charge on any atom is -0.352 e. The summed E-state index contributed by atoms with van der Waals surface area (Å²) in [5, 5.41) is 6.44. The van der Waals surface area contributed by atoms with E-state index in [-0.39, 0.29) is 41.7 Å². The molecular weight excluding hydrogens is 516 g/mol. The molecule has 2 aromatic carbocycles. The fourth-order valence-corrected chi connectivity index (χ4v) is 4.98. The van der Waals surface area contributed by atoms with E-state index < -0.39 is 11.6 Å². The zero-order chi connectivity index (χ0) is 25.9. The van der Waals surface area contributed by atoms with E-state index in [1.54, 1.807) is 30.5 Å². The van der Waals surface area contributed by atoms with Crippen molar-refractivity contribution in [2.75, 3.05) is 11.9 Å². The molecule has 0 spiro atoms. The van der Waals surface area contributed by atoms with Crippen LogP contribution < -0.4 is 10.6 Å². The predicted molar refractivity (Wildman–Crippen MR) is 143 cm³/mol. The molecule has 2 atom stereocenters. The minimum atomic E-state index is -0.503. The lowest BCUT2D eigenvalue weighted by atomic mass is 10.0. The van der Waals surface area contributed by atoms with Crippen molar-refractivity contribution in [2.24, 2.45) is 0 Å². The molecule has 1 aliphatic rings. The second-order valence-corrected chi connectivity index (χ2v) is 9.29. The van der Waals surface area contributed by atoms with Gasteiger partial charge in [-0.05, 0) is 66.8 Å². The maximum Gasteiger partial charge on any atom is 0.226 e. The Morgan fingerprint density at radius 3 is 2.62 bits per heavy atom. The van der Waals surface area contributed by atoms with Crippen LogP contribution in [-0.4, -0.2) is 32.0 Å². The van der Waals surface area contributed by atoms with Crippen molar-refractivity contribution in [1.82, 2.24) is 19.8 Å². The number of halogens is 3. The Labute approximate surface area is 222 Å². The fraction of sp³-hybridized carbons (Fsp3) is 0.148. The first-order valence-electron chi connectivity index (χ1n) is 11.6. The number of aromatic nitrogens is 2. The second kappa shape index (κ2) is 10.7. The lowest BCUT2D eigenvalue weighted by Gasteiger charge is -2.29. The maximum absolute atomic E-state index is 14.0. The highest BCUT2D eigenvalue weighted by Gasteiger charge is 2.41. The Hall–Kier alpha value is -3.82. The van der Waals surface area contributed by atoms with Gasteiger partial charge in [0.05, 0.1) is 28.5 Å². The standard InChI is InChI=1S/C27H22ClF2N5OS/c28-18-16-17(10-11-19(18)29)34-14-5-9-23(34)26-25(22-8-3-4-13-31-22)33-27(37)35(26)15-12-24(36)32-21-7-2-1-6-20(21)30/h1-11,13-14,16,25-26H,12,15H2,(H,32,36)(H,33,37)/t25-,26-/m0/s1. The Bertz CT molecular complexity index is 1450. The molecule has 188 valence electrons. The summed E-state index contributed by atoms with van der Waals surface area (Å²) in [6, 6.07) is 19.3. The summed E-state index contributed by atoms with van der Waals surface area (Å²) >= 11 is 11.8. The molecule has 2 N–H and O–H groups in total. The largest absolute Gasteiger partial charge is 0.352 e. The molecule has 0 unspecified atom stereocenters. The molecule has 4 aromatic rings. The van der Waals surface area contributed by atoms with Gasteiger partial charge in [0.15, 0.2) is 5.11 Å². The van der Waals surface area contributed by atoms with Gasteiger partial charge in [0.2, 0.25) is 5.91 Å². The van der Waals surface area contributed by atoms with Crippen molar-refractivity contribution in [3.05, 3.63) is 113 Å². The number of hydrogen-bond acceptors (Lipinski definition) is 3. The third-order valence-corrected chi connectivity index (χ3v) is 6.83. The Balaban J connectivity index is 1.46. The van der Waals surface area contributed by atoms with E-state index in [4.69, 9.17) is 23.8 Å². The van der Waals surface area contributed by atoms with Crippen LogP contribution in [0, 0.1) is 11.6 Å². The molecule has 0 saturated carbocycles. The number of hydrogen-bond donors (Lipinski definition) is 2. The van der Waals surface area contributed by atoms with Gasteiger partial charge in [-0.15, -0.1) is 0 Å². The Morgan fingerprint density at radius 2 is 1.86 bits per heavy atom. The molecule has 0 radical (unpaired) electrons. The predicted octanol–water partition coefficient (Wildman–Crippen LogP) is 5.81. The average Bonchev–Trinajstić information content (AvgIpc) is 3.50. The van der Waals surface area contributed by atoms with Crippen LogP contribution in [0.15, 0.2) is 85.2 Å². The van der Waals surface area contributed by atoms with Crippen LogP contribution >= 0.6 is 23.8 Å². The summed E-state index contributed by atoms with van der Waals surface area (Å²) in [6.45, 7) is 0.273. The third-order valence-electron chi connectivity index (χ3n) is 6.19. The number of anilines is 1. The van der Waals surface area contributed by atoms with Crippen molar-refractivity contribution < 1.29 is 13.6 Å². The van der Waals surface area contributed by atoms with Gasteiger partial charge in [0, 0.05) is 36.7 Å². The lowest BCUT2D eigenvalue weighted by Crippen LogP contribution is -2.33. The number of para-hydroxylation sites is 1. The monoisotopic (exact) mass is 537 g/mol. The van der Waals surface area contributed by atoms with Gasteiger partial charge < -0.3 is 20.1 Å². The Morgan fingerprint density at radius 1 is 1.05 bits per heavy atom. The molecule has 1 saturated heterocycles. The van der Waals surface area contributed by atoms with Gasteiger partial charge in [-0.1, -0.05) is 29.8 Å². The summed E-state index contributed by atoms with van der Waals surface area (Å²) in [6.07, 6.45) is 3.64. The SMILES string of the molecule is O=C(CCN1C(=S)N[C@@H](c2ccccn2)[C@@H]1c1cccn1-c1ccc(F)c(Cl)c1)Nc1ccccc1F. The Kier molecular flexibility index (Phi) is 7.16. The summed E-state index contributed by atoms with van der Waals surface area (Å²) in [7, 11) is 0. The number of carbonyl (C=O) groups is 1. The molecule has 37 heavy (non-hydrogen) atoms.